The molecule has 0 aromatic carbocycles. The minimum absolute atomic E-state index is 0.101. The van der Waals surface area contributed by atoms with Gasteiger partial charge in [-0.2, -0.15) is 0 Å². The van der Waals surface area contributed by atoms with E-state index in [4.69, 9.17) is 0 Å². The van der Waals surface area contributed by atoms with Crippen LogP contribution in [0.3, 0.4) is 0 Å². The van der Waals surface area contributed by atoms with Gasteiger partial charge in [0.05, 0.1) is 5.56 Å². The maximum atomic E-state index is 13.1. The topological polar surface area (TPSA) is 51.0 Å². The molecule has 2 aliphatic rings. The molecule has 1 atom stereocenters. The molecule has 1 saturated carbocycles. The molecule has 0 bridgehead atoms. The number of thioether (sulfide) groups is 1. The lowest BCUT2D eigenvalue weighted by molar-refractivity contribution is 0.0698. The van der Waals surface area contributed by atoms with E-state index in [0.717, 1.165) is 54.8 Å². The van der Waals surface area contributed by atoms with Crippen LogP contribution in [0.2, 0.25) is 0 Å². The van der Waals surface area contributed by atoms with Crippen LogP contribution in [-0.2, 0) is 6.54 Å². The van der Waals surface area contributed by atoms with Gasteiger partial charge in [0, 0.05) is 44.1 Å². The maximum absolute atomic E-state index is 13.1. The van der Waals surface area contributed by atoms with Gasteiger partial charge in [-0.25, -0.2) is 9.97 Å². The summed E-state index contributed by atoms with van der Waals surface area (Å²) in [7, 11) is 0. The zero-order chi connectivity index (χ0) is 17.9. The third-order valence-corrected chi connectivity index (χ3v) is 6.41. The molecule has 1 amide bonds. The van der Waals surface area contributed by atoms with Gasteiger partial charge in [0.1, 0.15) is 10.9 Å². The first-order chi connectivity index (χ1) is 12.8. The van der Waals surface area contributed by atoms with Crippen LogP contribution in [0.1, 0.15) is 54.2 Å². The predicted octanol–water partition coefficient (Wildman–Crippen LogP) is 3.82. The molecule has 2 aromatic heterocycles. The third kappa shape index (κ3) is 3.52. The highest BCUT2D eigenvalue weighted by molar-refractivity contribution is 7.98. The number of imidazole rings is 1. The Bertz CT molecular complexity index is 771. The van der Waals surface area contributed by atoms with E-state index in [2.05, 4.69) is 20.7 Å². The van der Waals surface area contributed by atoms with Gasteiger partial charge >= 0.3 is 0 Å². The van der Waals surface area contributed by atoms with Crippen LogP contribution in [0.15, 0.2) is 35.7 Å². The van der Waals surface area contributed by atoms with Gasteiger partial charge in [0.15, 0.2) is 0 Å². The molecule has 0 N–H and O–H groups in total. The smallest absolute Gasteiger partial charge is 0.256 e. The van der Waals surface area contributed by atoms with Crippen LogP contribution in [0.4, 0.5) is 0 Å². The molecule has 0 unspecified atom stereocenters. The lowest BCUT2D eigenvalue weighted by Crippen LogP contribution is -2.40. The number of rotatable bonds is 5. The number of carbonyl (C=O) groups excluding carboxylic acids is 1. The number of hydrogen-bond donors (Lipinski definition) is 0. The maximum Gasteiger partial charge on any atom is 0.256 e. The molecular weight excluding hydrogens is 344 g/mol. The summed E-state index contributed by atoms with van der Waals surface area (Å²) in [5, 5.41) is 0.811. The monoisotopic (exact) mass is 370 g/mol. The van der Waals surface area contributed by atoms with Crippen molar-refractivity contribution in [2.45, 2.75) is 49.6 Å². The first-order valence-corrected chi connectivity index (χ1v) is 10.8. The fourth-order valence-electron chi connectivity index (χ4n) is 4.05. The molecule has 5 nitrogen and oxygen atoms in total. The zero-order valence-electron chi connectivity index (χ0n) is 15.3. The largest absolute Gasteiger partial charge is 0.338 e. The van der Waals surface area contributed by atoms with Crippen LogP contribution < -0.4 is 0 Å². The van der Waals surface area contributed by atoms with Gasteiger partial charge in [-0.3, -0.25) is 4.79 Å². The highest BCUT2D eigenvalue weighted by atomic mass is 32.2. The summed E-state index contributed by atoms with van der Waals surface area (Å²) in [6.45, 7) is 2.66. The summed E-state index contributed by atoms with van der Waals surface area (Å²) in [6, 6.07) is 3.74. The first-order valence-electron chi connectivity index (χ1n) is 9.55. The van der Waals surface area contributed by atoms with Crippen LogP contribution in [-0.4, -0.2) is 44.7 Å². The van der Waals surface area contributed by atoms with Crippen molar-refractivity contribution in [2.24, 2.45) is 5.92 Å². The van der Waals surface area contributed by atoms with Crippen molar-refractivity contribution < 1.29 is 4.79 Å². The number of hydrogen-bond acceptors (Lipinski definition) is 4. The standard InChI is InChI=1S/C20H26N4OS/c1-26-19-17(8-3-9-22-19)20(25)24-11-4-7-16(14-24)18-21-10-12-23(18)13-15-5-2-6-15/h3,8-10,12,15-16H,2,4-7,11,13-14H2,1H3/t16-/m1/s1. The normalized spacial score (nSPS) is 20.8. The molecule has 3 heterocycles. The van der Waals surface area contributed by atoms with E-state index in [-0.39, 0.29) is 5.91 Å². The number of carbonyl (C=O) groups is 1. The van der Waals surface area contributed by atoms with Crippen LogP contribution in [0, 0.1) is 5.92 Å². The molecule has 26 heavy (non-hydrogen) atoms. The van der Waals surface area contributed by atoms with E-state index < -0.39 is 0 Å². The summed E-state index contributed by atoms with van der Waals surface area (Å²) >= 11 is 1.53. The van der Waals surface area contributed by atoms with Crippen LogP contribution in [0.5, 0.6) is 0 Å². The number of aromatic nitrogens is 3. The van der Waals surface area contributed by atoms with Gasteiger partial charge in [-0.15, -0.1) is 11.8 Å². The Morgan fingerprint density at radius 2 is 2.12 bits per heavy atom. The fourth-order valence-corrected chi connectivity index (χ4v) is 4.59. The Hall–Kier alpha value is -1.82. The summed E-state index contributed by atoms with van der Waals surface area (Å²) in [6.07, 6.45) is 13.9. The number of pyridine rings is 1. The van der Waals surface area contributed by atoms with Crippen molar-refractivity contribution in [3.63, 3.8) is 0 Å². The second-order valence-corrected chi connectivity index (χ2v) is 8.18. The number of amides is 1. The molecular formula is C20H26N4OS. The van der Waals surface area contributed by atoms with Crippen molar-refractivity contribution in [3.8, 4) is 0 Å². The lowest BCUT2D eigenvalue weighted by atomic mass is 9.85. The Kier molecular flexibility index (Phi) is 5.29. The van der Waals surface area contributed by atoms with Crippen molar-refractivity contribution in [2.75, 3.05) is 19.3 Å². The second kappa shape index (κ2) is 7.82. The molecule has 0 spiro atoms. The second-order valence-electron chi connectivity index (χ2n) is 7.39. The van der Waals surface area contributed by atoms with Gasteiger partial charge < -0.3 is 9.47 Å². The van der Waals surface area contributed by atoms with Crippen LogP contribution in [0.25, 0.3) is 0 Å². The Morgan fingerprint density at radius 3 is 2.88 bits per heavy atom. The van der Waals surface area contributed by atoms with Gasteiger partial charge in [0.2, 0.25) is 0 Å². The molecule has 2 fully saturated rings. The van der Waals surface area contributed by atoms with E-state index in [9.17, 15) is 4.79 Å². The summed E-state index contributed by atoms with van der Waals surface area (Å²) < 4.78 is 2.33. The molecule has 138 valence electrons. The fraction of sp³-hybridized carbons (Fsp3) is 0.550. The Labute approximate surface area is 159 Å². The molecule has 4 rings (SSSR count). The predicted molar refractivity (Wildman–Crippen MR) is 103 cm³/mol. The third-order valence-electron chi connectivity index (χ3n) is 5.70. The minimum atomic E-state index is 0.101. The van der Waals surface area contributed by atoms with E-state index >= 15 is 0 Å². The summed E-state index contributed by atoms with van der Waals surface area (Å²) in [5.41, 5.74) is 0.721. The average molecular weight is 371 g/mol. The molecule has 6 heteroatoms. The number of piperidine rings is 1. The highest BCUT2D eigenvalue weighted by Crippen LogP contribution is 2.31. The SMILES string of the molecule is CSc1ncccc1C(=O)N1CCC[C@@H](c2nccn2CC2CCC2)C1. The minimum Gasteiger partial charge on any atom is -0.338 e. The van der Waals surface area contributed by atoms with Crippen molar-refractivity contribution in [3.05, 3.63) is 42.1 Å². The lowest BCUT2D eigenvalue weighted by Gasteiger charge is -2.34. The highest BCUT2D eigenvalue weighted by Gasteiger charge is 2.30. The van der Waals surface area contributed by atoms with Gasteiger partial charge in [0.25, 0.3) is 5.91 Å². The van der Waals surface area contributed by atoms with E-state index in [1.54, 1.807) is 6.20 Å². The Balaban J connectivity index is 1.49. The molecule has 2 aromatic rings. The molecule has 1 aliphatic heterocycles. The number of likely N-dealkylation sites (tertiary alicyclic amines) is 1. The van der Waals surface area contributed by atoms with Crippen molar-refractivity contribution >= 4 is 17.7 Å². The van der Waals surface area contributed by atoms with E-state index in [1.807, 2.05) is 29.5 Å². The molecule has 0 radical (unpaired) electrons. The van der Waals surface area contributed by atoms with E-state index in [1.165, 1.54) is 31.0 Å². The first kappa shape index (κ1) is 17.6. The van der Waals surface area contributed by atoms with Crippen molar-refractivity contribution in [1.82, 2.24) is 19.4 Å². The van der Waals surface area contributed by atoms with Crippen molar-refractivity contribution in [1.29, 1.82) is 0 Å². The zero-order valence-corrected chi connectivity index (χ0v) is 16.1. The molecule has 1 aliphatic carbocycles. The average Bonchev–Trinajstić information content (AvgIpc) is 3.12. The quantitative estimate of drug-likeness (QED) is 0.751. The van der Waals surface area contributed by atoms with Gasteiger partial charge in [-0.05, 0) is 50.0 Å². The number of nitrogens with zero attached hydrogens (tertiary/aromatic N) is 4. The molecule has 1 saturated heterocycles. The Morgan fingerprint density at radius 1 is 1.23 bits per heavy atom. The summed E-state index contributed by atoms with van der Waals surface area (Å²) in [5.74, 6) is 2.40. The summed E-state index contributed by atoms with van der Waals surface area (Å²) in [4.78, 5) is 24.1. The van der Waals surface area contributed by atoms with Crippen LogP contribution >= 0.6 is 11.8 Å². The van der Waals surface area contributed by atoms with Gasteiger partial charge in [-0.1, -0.05) is 6.42 Å². The van der Waals surface area contributed by atoms with E-state index in [0.29, 0.717) is 5.92 Å².